The third kappa shape index (κ3) is 5.19. The minimum atomic E-state index is -2.25. The van der Waals surface area contributed by atoms with Crippen molar-refractivity contribution in [3.8, 4) is 5.75 Å². The van der Waals surface area contributed by atoms with Gasteiger partial charge in [0, 0.05) is 0 Å². The predicted octanol–water partition coefficient (Wildman–Crippen LogP) is 2.07. The van der Waals surface area contributed by atoms with Gasteiger partial charge in [0.05, 0.1) is 6.61 Å². The summed E-state index contributed by atoms with van der Waals surface area (Å²) in [4.78, 5) is 0. The zero-order chi connectivity index (χ0) is 22.3. The smallest absolute Gasteiger partial charge is 0.176 e. The minimum absolute atomic E-state index is 0.0622. The van der Waals surface area contributed by atoms with Gasteiger partial charge in [0.2, 0.25) is 0 Å². The highest BCUT2D eigenvalue weighted by molar-refractivity contribution is 5.56. The molecule has 0 bridgehead atoms. The maximum Gasteiger partial charge on any atom is 0.176 e. The van der Waals surface area contributed by atoms with Gasteiger partial charge in [0.25, 0.3) is 0 Å². The quantitative estimate of drug-likeness (QED) is 0.338. The minimum Gasteiger partial charge on any atom is -0.458 e. The molecule has 4 unspecified atom stereocenters. The van der Waals surface area contributed by atoms with Gasteiger partial charge in [0.15, 0.2) is 5.60 Å². The molecule has 0 radical (unpaired) electrons. The molecular formula is C25H26O6. The Kier molecular flexibility index (Phi) is 7.57. The molecule has 3 rings (SSSR count). The second kappa shape index (κ2) is 10.3. The summed E-state index contributed by atoms with van der Waals surface area (Å²) in [6, 6.07) is 26.0. The third-order valence-electron chi connectivity index (χ3n) is 4.99. The van der Waals surface area contributed by atoms with Crippen LogP contribution in [0.25, 0.3) is 6.08 Å². The first-order valence-electron chi connectivity index (χ1n) is 9.90. The number of rotatable bonds is 9. The topological polar surface area (TPSA) is 110 Å². The van der Waals surface area contributed by atoms with E-state index in [9.17, 15) is 25.5 Å². The average molecular weight is 422 g/mol. The Bertz CT molecular complexity index is 961. The first-order chi connectivity index (χ1) is 15.0. The van der Waals surface area contributed by atoms with E-state index in [2.05, 4.69) is 0 Å². The molecule has 0 saturated heterocycles. The Morgan fingerprint density at radius 1 is 0.806 bits per heavy atom. The SMILES string of the molecule is OCC(O)C(O)C(O)C(O)(C(=Cc1ccccc1)Oc1ccccc1)c1ccccc1. The fourth-order valence-corrected chi connectivity index (χ4v) is 3.25. The number of para-hydroxylation sites is 1. The third-order valence-corrected chi connectivity index (χ3v) is 4.99. The van der Waals surface area contributed by atoms with Crippen molar-refractivity contribution in [2.24, 2.45) is 0 Å². The fraction of sp³-hybridized carbons (Fsp3) is 0.200. The zero-order valence-electron chi connectivity index (χ0n) is 16.8. The van der Waals surface area contributed by atoms with Crippen LogP contribution in [0.4, 0.5) is 0 Å². The summed E-state index contributed by atoms with van der Waals surface area (Å²) in [5, 5.41) is 52.5. The van der Waals surface area contributed by atoms with Gasteiger partial charge in [-0.05, 0) is 29.3 Å². The number of hydrogen-bond donors (Lipinski definition) is 5. The molecule has 0 saturated carbocycles. The van der Waals surface area contributed by atoms with Gasteiger partial charge in [-0.15, -0.1) is 0 Å². The van der Waals surface area contributed by atoms with Crippen LogP contribution in [0.3, 0.4) is 0 Å². The Morgan fingerprint density at radius 3 is 1.87 bits per heavy atom. The highest BCUT2D eigenvalue weighted by atomic mass is 16.5. The zero-order valence-corrected chi connectivity index (χ0v) is 16.8. The van der Waals surface area contributed by atoms with E-state index in [0.717, 1.165) is 0 Å². The van der Waals surface area contributed by atoms with E-state index in [1.807, 2.05) is 24.3 Å². The first kappa shape index (κ1) is 22.7. The van der Waals surface area contributed by atoms with Gasteiger partial charge >= 0.3 is 0 Å². The van der Waals surface area contributed by atoms with Crippen molar-refractivity contribution in [3.05, 3.63) is 108 Å². The lowest BCUT2D eigenvalue weighted by molar-refractivity contribution is -0.156. The highest BCUT2D eigenvalue weighted by Gasteiger charge is 2.48. The van der Waals surface area contributed by atoms with Crippen LogP contribution in [0, 0.1) is 0 Å². The second-order valence-electron chi connectivity index (χ2n) is 7.15. The highest BCUT2D eigenvalue weighted by Crippen LogP contribution is 2.37. The summed E-state index contributed by atoms with van der Waals surface area (Å²) < 4.78 is 6.02. The predicted molar refractivity (Wildman–Crippen MR) is 117 cm³/mol. The molecule has 31 heavy (non-hydrogen) atoms. The van der Waals surface area contributed by atoms with Crippen molar-refractivity contribution < 1.29 is 30.3 Å². The van der Waals surface area contributed by atoms with E-state index in [1.165, 1.54) is 0 Å². The molecule has 0 spiro atoms. The summed E-state index contributed by atoms with van der Waals surface area (Å²) in [5.41, 5.74) is -1.32. The number of ether oxygens (including phenoxy) is 1. The molecule has 5 N–H and O–H groups in total. The maximum absolute atomic E-state index is 11.9. The van der Waals surface area contributed by atoms with E-state index in [4.69, 9.17) is 4.74 Å². The van der Waals surface area contributed by atoms with E-state index < -0.39 is 30.5 Å². The Balaban J connectivity index is 2.18. The summed E-state index contributed by atoms with van der Waals surface area (Å²) in [6.07, 6.45) is -3.88. The number of aliphatic hydroxyl groups excluding tert-OH is 4. The van der Waals surface area contributed by atoms with Crippen LogP contribution in [-0.2, 0) is 5.60 Å². The van der Waals surface area contributed by atoms with E-state index in [-0.39, 0.29) is 11.3 Å². The lowest BCUT2D eigenvalue weighted by atomic mass is 9.81. The molecule has 0 aliphatic rings. The van der Waals surface area contributed by atoms with E-state index in [0.29, 0.717) is 11.3 Å². The van der Waals surface area contributed by atoms with Gasteiger partial charge in [-0.25, -0.2) is 0 Å². The lowest BCUT2D eigenvalue weighted by Crippen LogP contribution is -2.53. The summed E-state index contributed by atoms with van der Waals surface area (Å²) >= 11 is 0. The van der Waals surface area contributed by atoms with Crippen LogP contribution < -0.4 is 4.74 Å². The molecule has 6 heteroatoms. The van der Waals surface area contributed by atoms with Gasteiger partial charge in [0.1, 0.15) is 29.8 Å². The van der Waals surface area contributed by atoms with Crippen molar-refractivity contribution in [2.45, 2.75) is 23.9 Å². The molecule has 3 aromatic rings. The fourth-order valence-electron chi connectivity index (χ4n) is 3.25. The van der Waals surface area contributed by atoms with E-state index >= 15 is 0 Å². The second-order valence-corrected chi connectivity index (χ2v) is 7.15. The first-order valence-corrected chi connectivity index (χ1v) is 9.90. The summed E-state index contributed by atoms with van der Waals surface area (Å²) in [6.45, 7) is -0.791. The number of benzene rings is 3. The van der Waals surface area contributed by atoms with Crippen LogP contribution in [0.1, 0.15) is 11.1 Å². The number of aliphatic hydroxyl groups is 5. The Hall–Kier alpha value is -3.00. The van der Waals surface area contributed by atoms with Gasteiger partial charge < -0.3 is 30.3 Å². The van der Waals surface area contributed by atoms with Crippen molar-refractivity contribution in [2.75, 3.05) is 6.61 Å². The van der Waals surface area contributed by atoms with Gasteiger partial charge in [-0.1, -0.05) is 78.9 Å². The molecular weight excluding hydrogens is 396 g/mol. The molecule has 6 nitrogen and oxygen atoms in total. The van der Waals surface area contributed by atoms with Crippen LogP contribution in [0.15, 0.2) is 96.8 Å². The standard InChI is InChI=1S/C25H26O6/c26-17-21(27)23(28)24(29)25(30,19-12-6-2-7-13-19)22(16-18-10-4-1-5-11-18)31-20-14-8-3-9-15-20/h1-16,21,23-24,26-30H,17H2. The number of hydrogen-bond acceptors (Lipinski definition) is 6. The van der Waals surface area contributed by atoms with Crippen LogP contribution in [0.2, 0.25) is 0 Å². The molecule has 4 atom stereocenters. The van der Waals surface area contributed by atoms with Gasteiger partial charge in [-0.3, -0.25) is 0 Å². The maximum atomic E-state index is 11.9. The Morgan fingerprint density at radius 2 is 1.32 bits per heavy atom. The molecule has 162 valence electrons. The summed E-state index contributed by atoms with van der Waals surface area (Å²) in [7, 11) is 0. The van der Waals surface area contributed by atoms with Crippen molar-refractivity contribution in [1.29, 1.82) is 0 Å². The van der Waals surface area contributed by atoms with Crippen LogP contribution in [0.5, 0.6) is 5.75 Å². The van der Waals surface area contributed by atoms with Crippen molar-refractivity contribution in [3.63, 3.8) is 0 Å². The largest absolute Gasteiger partial charge is 0.458 e. The van der Waals surface area contributed by atoms with Crippen molar-refractivity contribution in [1.82, 2.24) is 0 Å². The van der Waals surface area contributed by atoms with Crippen LogP contribution >= 0.6 is 0 Å². The molecule has 0 aliphatic heterocycles. The van der Waals surface area contributed by atoms with Crippen LogP contribution in [-0.4, -0.2) is 50.5 Å². The Labute approximate surface area is 180 Å². The van der Waals surface area contributed by atoms with Gasteiger partial charge in [-0.2, -0.15) is 0 Å². The van der Waals surface area contributed by atoms with E-state index in [1.54, 1.807) is 72.8 Å². The molecule has 0 aromatic heterocycles. The summed E-state index contributed by atoms with van der Waals surface area (Å²) in [5.74, 6) is 0.344. The molecule has 0 fully saturated rings. The molecule has 0 heterocycles. The molecule has 0 aliphatic carbocycles. The normalized spacial score (nSPS) is 16.7. The molecule has 3 aromatic carbocycles. The molecule has 0 amide bonds. The average Bonchev–Trinajstić information content (AvgIpc) is 2.83. The van der Waals surface area contributed by atoms with Crippen molar-refractivity contribution >= 4 is 6.08 Å². The lowest BCUT2D eigenvalue weighted by Gasteiger charge is -2.38. The monoisotopic (exact) mass is 422 g/mol.